The zero-order valence-corrected chi connectivity index (χ0v) is 19.6. The monoisotopic (exact) mass is 456 g/mol. The van der Waals surface area contributed by atoms with E-state index in [-0.39, 0.29) is 11.9 Å². The van der Waals surface area contributed by atoms with Crippen molar-refractivity contribution in [2.75, 3.05) is 38.2 Å². The maximum atomic E-state index is 12.3. The molecule has 0 saturated carbocycles. The lowest BCUT2D eigenvalue weighted by Gasteiger charge is -2.17. The summed E-state index contributed by atoms with van der Waals surface area (Å²) in [7, 11) is 0. The molecule has 9 heteroatoms. The van der Waals surface area contributed by atoms with E-state index in [1.54, 1.807) is 31.2 Å². The third kappa shape index (κ3) is 5.41. The molecular formula is C23H28N4O4S. The molecule has 3 rings (SSSR count). The first-order valence-corrected chi connectivity index (χ1v) is 11.5. The number of benzene rings is 1. The van der Waals surface area contributed by atoms with Gasteiger partial charge in [0.15, 0.2) is 0 Å². The molecular weight excluding hydrogens is 428 g/mol. The first-order valence-electron chi connectivity index (χ1n) is 10.7. The van der Waals surface area contributed by atoms with Crippen molar-refractivity contribution in [3.05, 3.63) is 46.6 Å². The second-order valence-electron chi connectivity index (χ2n) is 7.04. The standard InChI is InChI=1S/C23H28N4O4S/c1-5-27(6-2)12-13-31-22(28)16-8-10-17(11-9-16)26-20-18-15(4)19(23(29)30-7-3)32-21(18)25-14-24-20/h8-11,14H,5-7,12-13H2,1-4H3,(H,24,25,26). The number of rotatable bonds is 10. The molecule has 0 unspecified atom stereocenters. The topological polar surface area (TPSA) is 93.7 Å². The summed E-state index contributed by atoms with van der Waals surface area (Å²) in [5.74, 6) is -0.113. The van der Waals surface area contributed by atoms with Crippen LogP contribution >= 0.6 is 11.3 Å². The molecule has 0 fully saturated rings. The Kier molecular flexibility index (Phi) is 8.13. The Balaban J connectivity index is 1.71. The number of esters is 2. The fourth-order valence-corrected chi connectivity index (χ4v) is 4.32. The number of hydrogen-bond acceptors (Lipinski definition) is 9. The summed E-state index contributed by atoms with van der Waals surface area (Å²) in [6, 6.07) is 7.02. The normalized spacial score (nSPS) is 11.0. The van der Waals surface area contributed by atoms with Gasteiger partial charge < -0.3 is 19.7 Å². The lowest BCUT2D eigenvalue weighted by Crippen LogP contribution is -2.27. The number of aromatic nitrogens is 2. The van der Waals surface area contributed by atoms with Crippen molar-refractivity contribution < 1.29 is 19.1 Å². The second kappa shape index (κ2) is 11.0. The fraction of sp³-hybridized carbons (Fsp3) is 0.391. The van der Waals surface area contributed by atoms with Gasteiger partial charge in [-0.1, -0.05) is 13.8 Å². The van der Waals surface area contributed by atoms with E-state index < -0.39 is 0 Å². The van der Waals surface area contributed by atoms with Crippen molar-refractivity contribution in [3.8, 4) is 0 Å². The van der Waals surface area contributed by atoms with Crippen LogP contribution in [0.25, 0.3) is 10.2 Å². The molecule has 2 aromatic heterocycles. The molecule has 0 amide bonds. The first kappa shape index (κ1) is 23.6. The lowest BCUT2D eigenvalue weighted by atomic mass is 10.2. The average Bonchev–Trinajstić information content (AvgIpc) is 3.15. The molecule has 3 aromatic rings. The SMILES string of the molecule is CCOC(=O)c1sc2ncnc(Nc3ccc(C(=O)OCCN(CC)CC)cc3)c2c1C. The second-order valence-corrected chi connectivity index (χ2v) is 8.04. The van der Waals surface area contributed by atoms with E-state index in [1.165, 1.54) is 17.7 Å². The number of ether oxygens (including phenoxy) is 2. The number of carbonyl (C=O) groups excluding carboxylic acids is 2. The molecule has 0 radical (unpaired) electrons. The molecule has 0 atom stereocenters. The quantitative estimate of drug-likeness (QED) is 0.448. The molecule has 0 aliphatic carbocycles. The van der Waals surface area contributed by atoms with Gasteiger partial charge in [0, 0.05) is 12.2 Å². The Labute approximate surface area is 191 Å². The molecule has 0 spiro atoms. The van der Waals surface area contributed by atoms with Crippen LogP contribution in [0.15, 0.2) is 30.6 Å². The summed E-state index contributed by atoms with van der Waals surface area (Å²) >= 11 is 1.29. The van der Waals surface area contributed by atoms with Crippen LogP contribution < -0.4 is 5.32 Å². The van der Waals surface area contributed by atoms with E-state index >= 15 is 0 Å². The minimum atomic E-state index is -0.359. The van der Waals surface area contributed by atoms with Gasteiger partial charge in [-0.15, -0.1) is 11.3 Å². The molecule has 2 heterocycles. The third-order valence-electron chi connectivity index (χ3n) is 5.11. The smallest absolute Gasteiger partial charge is 0.348 e. The maximum absolute atomic E-state index is 12.3. The molecule has 0 saturated heterocycles. The minimum Gasteiger partial charge on any atom is -0.462 e. The molecule has 32 heavy (non-hydrogen) atoms. The van der Waals surface area contributed by atoms with Crippen molar-refractivity contribution >= 4 is 45.0 Å². The highest BCUT2D eigenvalue weighted by Gasteiger charge is 2.20. The van der Waals surface area contributed by atoms with Gasteiger partial charge in [-0.3, -0.25) is 0 Å². The average molecular weight is 457 g/mol. The number of nitrogens with one attached hydrogen (secondary N) is 1. The number of aryl methyl sites for hydroxylation is 1. The van der Waals surface area contributed by atoms with Gasteiger partial charge in [-0.2, -0.15) is 0 Å². The number of likely N-dealkylation sites (N-methyl/N-ethyl adjacent to an activating group) is 1. The van der Waals surface area contributed by atoms with Gasteiger partial charge >= 0.3 is 11.9 Å². The van der Waals surface area contributed by atoms with Crippen molar-refractivity contribution in [1.29, 1.82) is 0 Å². The summed E-state index contributed by atoms with van der Waals surface area (Å²) in [6.45, 7) is 11.0. The van der Waals surface area contributed by atoms with Crippen molar-refractivity contribution in [2.24, 2.45) is 0 Å². The summed E-state index contributed by atoms with van der Waals surface area (Å²) in [5.41, 5.74) is 2.02. The number of hydrogen-bond donors (Lipinski definition) is 1. The Morgan fingerprint density at radius 2 is 1.75 bits per heavy atom. The molecule has 0 aliphatic heterocycles. The Hall–Kier alpha value is -3.04. The summed E-state index contributed by atoms with van der Waals surface area (Å²) in [6.07, 6.45) is 1.46. The molecule has 0 bridgehead atoms. The van der Waals surface area contributed by atoms with Gasteiger partial charge in [0.1, 0.15) is 28.5 Å². The van der Waals surface area contributed by atoms with Crippen LogP contribution in [0.2, 0.25) is 0 Å². The first-order chi connectivity index (χ1) is 15.5. The number of fused-ring (bicyclic) bond motifs is 1. The Morgan fingerprint density at radius 1 is 1.03 bits per heavy atom. The van der Waals surface area contributed by atoms with Crippen LogP contribution in [0.1, 0.15) is 46.4 Å². The van der Waals surface area contributed by atoms with E-state index in [0.29, 0.717) is 34.3 Å². The van der Waals surface area contributed by atoms with E-state index in [4.69, 9.17) is 9.47 Å². The zero-order valence-electron chi connectivity index (χ0n) is 18.8. The summed E-state index contributed by atoms with van der Waals surface area (Å²) in [5, 5.41) is 4.03. The van der Waals surface area contributed by atoms with Crippen LogP contribution in [-0.2, 0) is 9.47 Å². The summed E-state index contributed by atoms with van der Waals surface area (Å²) in [4.78, 5) is 36.6. The lowest BCUT2D eigenvalue weighted by molar-refractivity contribution is 0.0465. The van der Waals surface area contributed by atoms with Crippen LogP contribution in [0, 0.1) is 6.92 Å². The highest BCUT2D eigenvalue weighted by atomic mass is 32.1. The minimum absolute atomic E-state index is 0.313. The highest BCUT2D eigenvalue weighted by Crippen LogP contribution is 2.34. The van der Waals surface area contributed by atoms with E-state index in [9.17, 15) is 9.59 Å². The van der Waals surface area contributed by atoms with Gasteiger partial charge in [0.2, 0.25) is 0 Å². The summed E-state index contributed by atoms with van der Waals surface area (Å²) < 4.78 is 10.5. The number of anilines is 2. The van der Waals surface area contributed by atoms with Crippen LogP contribution in [0.3, 0.4) is 0 Å². The molecule has 0 aliphatic rings. The zero-order chi connectivity index (χ0) is 23.1. The van der Waals surface area contributed by atoms with E-state index in [0.717, 1.165) is 36.3 Å². The Bertz CT molecular complexity index is 1080. The van der Waals surface area contributed by atoms with Gasteiger partial charge in [-0.05, 0) is 56.8 Å². The predicted molar refractivity (Wildman–Crippen MR) is 126 cm³/mol. The van der Waals surface area contributed by atoms with Crippen molar-refractivity contribution in [2.45, 2.75) is 27.7 Å². The molecule has 1 aromatic carbocycles. The molecule has 1 N–H and O–H groups in total. The molecule has 8 nitrogen and oxygen atoms in total. The number of nitrogens with zero attached hydrogens (tertiary/aromatic N) is 3. The van der Waals surface area contributed by atoms with Crippen molar-refractivity contribution in [3.63, 3.8) is 0 Å². The highest BCUT2D eigenvalue weighted by molar-refractivity contribution is 7.20. The predicted octanol–water partition coefficient (Wildman–Crippen LogP) is 4.42. The third-order valence-corrected chi connectivity index (χ3v) is 6.29. The van der Waals surface area contributed by atoms with Gasteiger partial charge in [-0.25, -0.2) is 19.6 Å². The number of carbonyl (C=O) groups is 2. The van der Waals surface area contributed by atoms with Crippen LogP contribution in [-0.4, -0.2) is 59.7 Å². The van der Waals surface area contributed by atoms with Gasteiger partial charge in [0.05, 0.1) is 17.6 Å². The van der Waals surface area contributed by atoms with Crippen LogP contribution in [0.4, 0.5) is 11.5 Å². The van der Waals surface area contributed by atoms with E-state index in [2.05, 4.69) is 34.0 Å². The number of thiophene rings is 1. The van der Waals surface area contributed by atoms with Crippen molar-refractivity contribution in [1.82, 2.24) is 14.9 Å². The van der Waals surface area contributed by atoms with E-state index in [1.807, 2.05) is 6.92 Å². The molecule has 170 valence electrons. The maximum Gasteiger partial charge on any atom is 0.348 e. The fourth-order valence-electron chi connectivity index (χ4n) is 3.27. The van der Waals surface area contributed by atoms with Crippen LogP contribution in [0.5, 0.6) is 0 Å². The van der Waals surface area contributed by atoms with Gasteiger partial charge in [0.25, 0.3) is 0 Å². The largest absolute Gasteiger partial charge is 0.462 e. The Morgan fingerprint density at radius 3 is 2.41 bits per heavy atom.